The molecule has 0 spiro atoms. The third-order valence-electron chi connectivity index (χ3n) is 4.80. The van der Waals surface area contributed by atoms with Crippen molar-refractivity contribution < 1.29 is 9.53 Å². The molecule has 5 heteroatoms. The quantitative estimate of drug-likeness (QED) is 0.770. The summed E-state index contributed by atoms with van der Waals surface area (Å²) in [5.41, 5.74) is 4.48. The molecule has 2 aromatic carbocycles. The Kier molecular flexibility index (Phi) is 4.71. The Morgan fingerprint density at radius 2 is 2.15 bits per heavy atom. The number of benzene rings is 2. The van der Waals surface area contributed by atoms with Crippen molar-refractivity contribution in [2.24, 2.45) is 0 Å². The number of nitrogens with zero attached hydrogens (tertiary/aromatic N) is 2. The molecule has 1 aliphatic rings. The summed E-state index contributed by atoms with van der Waals surface area (Å²) in [5.74, 6) is 0.815. The zero-order valence-electron chi connectivity index (χ0n) is 14.9. The van der Waals surface area contributed by atoms with Gasteiger partial charge in [0.1, 0.15) is 11.9 Å². The molecule has 0 radical (unpaired) electrons. The van der Waals surface area contributed by atoms with Crippen molar-refractivity contribution in [3.05, 3.63) is 65.5 Å². The highest BCUT2D eigenvalue weighted by Crippen LogP contribution is 2.19. The standard InChI is InChI=1S/C21H23N3O2/c1-15-6-4-7-16(12-15)14-24-18-9-3-2-8-17(18)23-20(24)13-22-21(25)19-10-5-11-26-19/h2-4,6-9,12,19H,5,10-11,13-14H2,1H3,(H,22,25). The van der Waals surface area contributed by atoms with E-state index in [9.17, 15) is 4.79 Å². The molecule has 1 aliphatic heterocycles. The van der Waals surface area contributed by atoms with Crippen LogP contribution in [0, 0.1) is 6.92 Å². The molecule has 4 rings (SSSR count). The number of nitrogens with one attached hydrogen (secondary N) is 1. The number of ether oxygens (including phenoxy) is 1. The summed E-state index contributed by atoms with van der Waals surface area (Å²) in [6.07, 6.45) is 1.43. The van der Waals surface area contributed by atoms with E-state index in [-0.39, 0.29) is 12.0 Å². The van der Waals surface area contributed by atoms with Crippen LogP contribution in [0.2, 0.25) is 0 Å². The molecule has 1 saturated heterocycles. The van der Waals surface area contributed by atoms with E-state index < -0.39 is 0 Å². The van der Waals surface area contributed by atoms with Crippen LogP contribution in [0.15, 0.2) is 48.5 Å². The first-order valence-electron chi connectivity index (χ1n) is 9.10. The summed E-state index contributed by atoms with van der Waals surface area (Å²) in [4.78, 5) is 17.0. The average molecular weight is 349 g/mol. The molecule has 134 valence electrons. The second kappa shape index (κ2) is 7.30. The van der Waals surface area contributed by atoms with Gasteiger partial charge in [0.15, 0.2) is 0 Å². The predicted octanol–water partition coefficient (Wildman–Crippen LogP) is 3.19. The number of carbonyl (C=O) groups excluding carboxylic acids is 1. The van der Waals surface area contributed by atoms with Crippen LogP contribution in [0.5, 0.6) is 0 Å². The summed E-state index contributed by atoms with van der Waals surface area (Å²) >= 11 is 0. The third kappa shape index (κ3) is 3.48. The summed E-state index contributed by atoms with van der Waals surface area (Å²) < 4.78 is 7.64. The first kappa shape index (κ1) is 16.8. The first-order chi connectivity index (χ1) is 12.7. The van der Waals surface area contributed by atoms with Gasteiger partial charge in [0.05, 0.1) is 17.6 Å². The molecule has 1 N–H and O–H groups in total. The van der Waals surface area contributed by atoms with Crippen LogP contribution in [0.25, 0.3) is 11.0 Å². The number of imidazole rings is 1. The van der Waals surface area contributed by atoms with E-state index in [1.807, 2.05) is 18.2 Å². The lowest BCUT2D eigenvalue weighted by Crippen LogP contribution is -2.34. The van der Waals surface area contributed by atoms with E-state index in [2.05, 4.69) is 47.1 Å². The van der Waals surface area contributed by atoms with E-state index >= 15 is 0 Å². The van der Waals surface area contributed by atoms with Crippen LogP contribution in [0.4, 0.5) is 0 Å². The van der Waals surface area contributed by atoms with Crippen molar-refractivity contribution in [3.63, 3.8) is 0 Å². The molecule has 5 nitrogen and oxygen atoms in total. The number of aromatic nitrogens is 2. The van der Waals surface area contributed by atoms with Crippen LogP contribution in [0.3, 0.4) is 0 Å². The number of carbonyl (C=O) groups is 1. The van der Waals surface area contributed by atoms with Gasteiger partial charge in [-0.1, -0.05) is 42.0 Å². The Balaban J connectivity index is 1.60. The van der Waals surface area contributed by atoms with Crippen LogP contribution >= 0.6 is 0 Å². The molecule has 1 atom stereocenters. The lowest BCUT2D eigenvalue weighted by atomic mass is 10.1. The van der Waals surface area contributed by atoms with Gasteiger partial charge in [-0.15, -0.1) is 0 Å². The van der Waals surface area contributed by atoms with Crippen molar-refractivity contribution in [1.29, 1.82) is 0 Å². The molecule has 3 aromatic rings. The molecule has 26 heavy (non-hydrogen) atoms. The minimum Gasteiger partial charge on any atom is -0.368 e. The fourth-order valence-corrected chi connectivity index (χ4v) is 3.49. The second-order valence-electron chi connectivity index (χ2n) is 6.81. The maximum atomic E-state index is 12.3. The zero-order valence-corrected chi connectivity index (χ0v) is 14.9. The van der Waals surface area contributed by atoms with E-state index in [4.69, 9.17) is 9.72 Å². The van der Waals surface area contributed by atoms with Gasteiger partial charge in [0, 0.05) is 13.2 Å². The van der Waals surface area contributed by atoms with Gasteiger partial charge in [-0.25, -0.2) is 4.98 Å². The van der Waals surface area contributed by atoms with Crippen molar-refractivity contribution in [2.45, 2.75) is 39.0 Å². The zero-order chi connectivity index (χ0) is 17.9. The number of hydrogen-bond donors (Lipinski definition) is 1. The molecule has 1 unspecified atom stereocenters. The normalized spacial score (nSPS) is 16.9. The molecule has 0 bridgehead atoms. The minimum absolute atomic E-state index is 0.0448. The Labute approximate surface area is 153 Å². The highest BCUT2D eigenvalue weighted by atomic mass is 16.5. The van der Waals surface area contributed by atoms with Crippen LogP contribution < -0.4 is 5.32 Å². The number of aryl methyl sites for hydroxylation is 1. The number of para-hydroxylation sites is 2. The molecular weight excluding hydrogens is 326 g/mol. The van der Waals surface area contributed by atoms with E-state index in [1.165, 1.54) is 11.1 Å². The highest BCUT2D eigenvalue weighted by Gasteiger charge is 2.23. The van der Waals surface area contributed by atoms with Crippen LogP contribution in [-0.2, 0) is 22.6 Å². The highest BCUT2D eigenvalue weighted by molar-refractivity contribution is 5.81. The molecule has 0 aliphatic carbocycles. The number of fused-ring (bicyclic) bond motifs is 1. The summed E-state index contributed by atoms with van der Waals surface area (Å²) in [7, 11) is 0. The first-order valence-corrected chi connectivity index (χ1v) is 9.10. The Morgan fingerprint density at radius 1 is 1.27 bits per heavy atom. The van der Waals surface area contributed by atoms with Crippen molar-refractivity contribution in [2.75, 3.05) is 6.61 Å². The maximum absolute atomic E-state index is 12.3. The average Bonchev–Trinajstić information content (AvgIpc) is 3.29. The van der Waals surface area contributed by atoms with Crippen molar-refractivity contribution in [1.82, 2.24) is 14.9 Å². The van der Waals surface area contributed by atoms with Crippen LogP contribution in [0.1, 0.15) is 29.8 Å². The lowest BCUT2D eigenvalue weighted by Gasteiger charge is -2.13. The third-order valence-corrected chi connectivity index (χ3v) is 4.80. The molecule has 1 fully saturated rings. The van der Waals surface area contributed by atoms with Gasteiger partial charge in [0.2, 0.25) is 5.91 Å². The van der Waals surface area contributed by atoms with E-state index in [0.717, 1.165) is 36.2 Å². The fourth-order valence-electron chi connectivity index (χ4n) is 3.49. The maximum Gasteiger partial charge on any atom is 0.249 e. The van der Waals surface area contributed by atoms with Gasteiger partial charge in [0.25, 0.3) is 0 Å². The monoisotopic (exact) mass is 349 g/mol. The van der Waals surface area contributed by atoms with Crippen molar-refractivity contribution >= 4 is 16.9 Å². The summed E-state index contributed by atoms with van der Waals surface area (Å²) in [6.45, 7) is 3.90. The summed E-state index contributed by atoms with van der Waals surface area (Å²) in [6, 6.07) is 16.6. The van der Waals surface area contributed by atoms with Gasteiger partial charge < -0.3 is 14.6 Å². The van der Waals surface area contributed by atoms with Gasteiger partial charge >= 0.3 is 0 Å². The molecule has 2 heterocycles. The van der Waals surface area contributed by atoms with Gasteiger partial charge in [-0.05, 0) is 37.5 Å². The molecule has 1 aromatic heterocycles. The molecular formula is C21H23N3O2. The largest absolute Gasteiger partial charge is 0.368 e. The summed E-state index contributed by atoms with van der Waals surface area (Å²) in [5, 5.41) is 2.99. The SMILES string of the molecule is Cc1cccc(Cn2c(CNC(=O)C3CCCO3)nc3ccccc32)c1. The van der Waals surface area contributed by atoms with Gasteiger partial charge in [-0.2, -0.15) is 0 Å². The number of amides is 1. The Bertz CT molecular complexity index is 926. The Hall–Kier alpha value is -2.66. The predicted molar refractivity (Wildman–Crippen MR) is 101 cm³/mol. The molecule has 1 amide bonds. The van der Waals surface area contributed by atoms with Gasteiger partial charge in [-0.3, -0.25) is 4.79 Å². The van der Waals surface area contributed by atoms with Crippen LogP contribution in [-0.4, -0.2) is 28.2 Å². The van der Waals surface area contributed by atoms with E-state index in [0.29, 0.717) is 13.2 Å². The lowest BCUT2D eigenvalue weighted by molar-refractivity contribution is -0.130. The smallest absolute Gasteiger partial charge is 0.249 e. The Morgan fingerprint density at radius 3 is 2.96 bits per heavy atom. The second-order valence-corrected chi connectivity index (χ2v) is 6.81. The number of rotatable bonds is 5. The molecule has 0 saturated carbocycles. The van der Waals surface area contributed by atoms with E-state index in [1.54, 1.807) is 0 Å². The topological polar surface area (TPSA) is 56.2 Å². The van der Waals surface area contributed by atoms with Crippen molar-refractivity contribution in [3.8, 4) is 0 Å². The number of hydrogen-bond acceptors (Lipinski definition) is 3. The fraction of sp³-hybridized carbons (Fsp3) is 0.333. The minimum atomic E-state index is -0.315.